The Morgan fingerprint density at radius 1 is 1.00 bits per heavy atom. The van der Waals surface area contributed by atoms with Crippen molar-refractivity contribution in [1.82, 2.24) is 4.90 Å². The molecule has 1 heterocycles. The lowest BCUT2D eigenvalue weighted by Gasteiger charge is -2.37. The first-order valence-electron chi connectivity index (χ1n) is 8.81. The molecule has 140 valence electrons. The van der Waals surface area contributed by atoms with Crippen molar-refractivity contribution in [3.63, 3.8) is 0 Å². The van der Waals surface area contributed by atoms with Crippen LogP contribution in [0.3, 0.4) is 0 Å². The Bertz CT molecular complexity index is 716. The molecule has 3 rings (SSSR count). The van der Waals surface area contributed by atoms with E-state index >= 15 is 0 Å². The summed E-state index contributed by atoms with van der Waals surface area (Å²) in [7, 11) is 0. The molecule has 0 bridgehead atoms. The number of aryl methyl sites for hydroxylation is 1. The van der Waals surface area contributed by atoms with Gasteiger partial charge in [0, 0.05) is 38.4 Å². The molecule has 0 spiro atoms. The van der Waals surface area contributed by atoms with Gasteiger partial charge in [-0.05, 0) is 37.3 Å². The van der Waals surface area contributed by atoms with Gasteiger partial charge in [-0.2, -0.15) is 0 Å². The van der Waals surface area contributed by atoms with Crippen molar-refractivity contribution in [3.8, 4) is 5.75 Å². The number of rotatable bonds is 6. The number of aliphatic hydroxyl groups excluding tert-OH is 1. The SMILES string of the molecule is Cc1ccc(OCC(O)CN2CCN(c3ccc(Cl)c(Cl)c3)CC2)cc1. The van der Waals surface area contributed by atoms with Gasteiger partial charge in [-0.25, -0.2) is 0 Å². The van der Waals surface area contributed by atoms with Gasteiger partial charge in [0.15, 0.2) is 0 Å². The van der Waals surface area contributed by atoms with Crippen molar-refractivity contribution in [3.05, 3.63) is 58.1 Å². The molecule has 1 N–H and O–H groups in total. The third kappa shape index (κ3) is 5.27. The zero-order valence-corrected chi connectivity index (χ0v) is 16.4. The molecule has 1 aliphatic rings. The highest BCUT2D eigenvalue weighted by Gasteiger charge is 2.20. The molecule has 1 saturated heterocycles. The zero-order valence-electron chi connectivity index (χ0n) is 14.9. The number of piperazine rings is 1. The first kappa shape index (κ1) is 19.3. The largest absolute Gasteiger partial charge is 0.491 e. The predicted molar refractivity (Wildman–Crippen MR) is 108 cm³/mol. The fourth-order valence-corrected chi connectivity index (χ4v) is 3.34. The number of halogens is 2. The van der Waals surface area contributed by atoms with E-state index in [0.717, 1.165) is 37.6 Å². The van der Waals surface area contributed by atoms with E-state index in [9.17, 15) is 5.11 Å². The van der Waals surface area contributed by atoms with Crippen molar-refractivity contribution >= 4 is 28.9 Å². The molecule has 0 saturated carbocycles. The summed E-state index contributed by atoms with van der Waals surface area (Å²) in [5.74, 6) is 0.791. The molecule has 4 nitrogen and oxygen atoms in total. The molecule has 1 aliphatic heterocycles. The van der Waals surface area contributed by atoms with Crippen LogP contribution in [0.1, 0.15) is 5.56 Å². The molecule has 1 atom stereocenters. The Hall–Kier alpha value is -1.46. The topological polar surface area (TPSA) is 35.9 Å². The summed E-state index contributed by atoms with van der Waals surface area (Å²) in [4.78, 5) is 4.55. The van der Waals surface area contributed by atoms with E-state index in [-0.39, 0.29) is 0 Å². The minimum Gasteiger partial charge on any atom is -0.491 e. The average Bonchev–Trinajstić information content (AvgIpc) is 2.64. The second-order valence-corrected chi connectivity index (χ2v) is 7.48. The number of aliphatic hydroxyl groups is 1. The Balaban J connectivity index is 1.43. The van der Waals surface area contributed by atoms with Gasteiger partial charge in [-0.15, -0.1) is 0 Å². The van der Waals surface area contributed by atoms with Crippen molar-refractivity contribution in [2.45, 2.75) is 13.0 Å². The van der Waals surface area contributed by atoms with Crippen LogP contribution in [0.4, 0.5) is 5.69 Å². The van der Waals surface area contributed by atoms with E-state index in [1.54, 1.807) is 0 Å². The zero-order chi connectivity index (χ0) is 18.5. The van der Waals surface area contributed by atoms with Gasteiger partial charge < -0.3 is 14.7 Å². The summed E-state index contributed by atoms with van der Waals surface area (Å²) in [6.07, 6.45) is -0.507. The van der Waals surface area contributed by atoms with Gasteiger partial charge >= 0.3 is 0 Å². The fourth-order valence-electron chi connectivity index (χ4n) is 3.05. The molecule has 1 fully saturated rings. The van der Waals surface area contributed by atoms with Crippen LogP contribution in [0.2, 0.25) is 10.0 Å². The van der Waals surface area contributed by atoms with Crippen LogP contribution >= 0.6 is 23.2 Å². The Kier molecular flexibility index (Phi) is 6.65. The molecule has 0 amide bonds. The second kappa shape index (κ2) is 8.96. The Labute approximate surface area is 164 Å². The fraction of sp³-hybridized carbons (Fsp3) is 0.400. The third-order valence-electron chi connectivity index (χ3n) is 4.57. The van der Waals surface area contributed by atoms with E-state index in [4.69, 9.17) is 27.9 Å². The van der Waals surface area contributed by atoms with E-state index in [2.05, 4.69) is 9.80 Å². The molecule has 6 heteroatoms. The van der Waals surface area contributed by atoms with Crippen LogP contribution in [0.15, 0.2) is 42.5 Å². The number of anilines is 1. The molecule has 1 unspecified atom stereocenters. The van der Waals surface area contributed by atoms with Crippen molar-refractivity contribution in [2.24, 2.45) is 0 Å². The Morgan fingerprint density at radius 2 is 1.69 bits per heavy atom. The maximum Gasteiger partial charge on any atom is 0.119 e. The monoisotopic (exact) mass is 394 g/mol. The molecule has 0 radical (unpaired) electrons. The van der Waals surface area contributed by atoms with Crippen molar-refractivity contribution in [1.29, 1.82) is 0 Å². The highest BCUT2D eigenvalue weighted by Crippen LogP contribution is 2.27. The summed E-state index contributed by atoms with van der Waals surface area (Å²) >= 11 is 12.1. The van der Waals surface area contributed by atoms with Gasteiger partial charge in [0.05, 0.1) is 10.0 Å². The summed E-state index contributed by atoms with van der Waals surface area (Å²) in [5, 5.41) is 11.4. The smallest absolute Gasteiger partial charge is 0.119 e. The van der Waals surface area contributed by atoms with E-state index in [0.29, 0.717) is 23.2 Å². The molecule has 2 aromatic carbocycles. The van der Waals surface area contributed by atoms with Gasteiger partial charge in [0.25, 0.3) is 0 Å². The van der Waals surface area contributed by atoms with Gasteiger partial charge in [0.2, 0.25) is 0 Å². The first-order valence-corrected chi connectivity index (χ1v) is 9.57. The lowest BCUT2D eigenvalue weighted by Crippen LogP contribution is -2.49. The summed E-state index contributed by atoms with van der Waals surface area (Å²) in [6.45, 7) is 6.52. The van der Waals surface area contributed by atoms with Gasteiger partial charge in [-0.3, -0.25) is 4.90 Å². The highest BCUT2D eigenvalue weighted by atomic mass is 35.5. The number of hydrogen-bond acceptors (Lipinski definition) is 4. The Morgan fingerprint density at radius 3 is 2.35 bits per heavy atom. The quantitative estimate of drug-likeness (QED) is 0.806. The van der Waals surface area contributed by atoms with Crippen molar-refractivity contribution in [2.75, 3.05) is 44.2 Å². The number of benzene rings is 2. The standard InChI is InChI=1S/C20H24Cl2N2O2/c1-15-2-5-18(6-3-15)26-14-17(25)13-23-8-10-24(11-9-23)16-4-7-19(21)20(22)12-16/h2-7,12,17,25H,8-11,13-14H2,1H3. The predicted octanol–water partition coefficient (Wildman–Crippen LogP) is 3.86. The average molecular weight is 395 g/mol. The minimum atomic E-state index is -0.507. The third-order valence-corrected chi connectivity index (χ3v) is 5.31. The summed E-state index contributed by atoms with van der Waals surface area (Å²) in [6, 6.07) is 13.6. The number of hydrogen-bond donors (Lipinski definition) is 1. The molecular formula is C20H24Cl2N2O2. The van der Waals surface area contributed by atoms with Crippen LogP contribution in [-0.2, 0) is 0 Å². The molecular weight excluding hydrogens is 371 g/mol. The van der Waals surface area contributed by atoms with Gasteiger partial charge in [0.1, 0.15) is 18.5 Å². The van der Waals surface area contributed by atoms with Crippen LogP contribution < -0.4 is 9.64 Å². The summed E-state index contributed by atoms with van der Waals surface area (Å²) in [5.41, 5.74) is 2.28. The summed E-state index contributed by atoms with van der Waals surface area (Å²) < 4.78 is 5.66. The van der Waals surface area contributed by atoms with Gasteiger partial charge in [-0.1, -0.05) is 40.9 Å². The molecule has 26 heavy (non-hydrogen) atoms. The molecule has 0 aliphatic carbocycles. The minimum absolute atomic E-state index is 0.302. The van der Waals surface area contributed by atoms with Crippen LogP contribution in [0.5, 0.6) is 5.75 Å². The van der Waals surface area contributed by atoms with Crippen LogP contribution in [-0.4, -0.2) is 55.4 Å². The van der Waals surface area contributed by atoms with E-state index < -0.39 is 6.10 Å². The lowest BCUT2D eigenvalue weighted by atomic mass is 10.2. The molecule has 2 aromatic rings. The highest BCUT2D eigenvalue weighted by molar-refractivity contribution is 6.42. The number of β-amino-alcohol motifs (C(OH)–C–C–N with tert-alkyl or cyclic N) is 1. The van der Waals surface area contributed by atoms with Crippen LogP contribution in [0.25, 0.3) is 0 Å². The van der Waals surface area contributed by atoms with Crippen LogP contribution in [0, 0.1) is 6.92 Å². The maximum absolute atomic E-state index is 10.3. The normalized spacial score (nSPS) is 16.5. The van der Waals surface area contributed by atoms with E-state index in [1.807, 2.05) is 49.4 Å². The van der Waals surface area contributed by atoms with Crippen molar-refractivity contribution < 1.29 is 9.84 Å². The first-order chi connectivity index (χ1) is 12.5. The molecule has 0 aromatic heterocycles. The second-order valence-electron chi connectivity index (χ2n) is 6.66. The lowest BCUT2D eigenvalue weighted by molar-refractivity contribution is 0.0663. The van der Waals surface area contributed by atoms with E-state index in [1.165, 1.54) is 5.56 Å². The number of ether oxygens (including phenoxy) is 1. The number of nitrogens with zero attached hydrogens (tertiary/aromatic N) is 2. The maximum atomic E-state index is 10.3.